The normalized spacial score (nSPS) is 10.1. The Bertz CT molecular complexity index is 690. The average Bonchev–Trinajstić information content (AvgIpc) is 2.97. The van der Waals surface area contributed by atoms with Gasteiger partial charge in [0.2, 0.25) is 5.78 Å². The molecule has 0 unspecified atom stereocenters. The second-order valence-electron chi connectivity index (χ2n) is 4.45. The number of Topliss-reactive ketones (excluding diaryl/α,β-unsaturated/α-hetero) is 1. The van der Waals surface area contributed by atoms with E-state index < -0.39 is 5.97 Å². The zero-order valence-corrected chi connectivity index (χ0v) is 13.4. The largest absolute Gasteiger partial charge is 0.493 e. The number of aryl methyl sites for hydroxylation is 1. The van der Waals surface area contributed by atoms with E-state index in [1.165, 1.54) is 25.6 Å². The van der Waals surface area contributed by atoms with Gasteiger partial charge < -0.3 is 14.2 Å². The molecule has 22 heavy (non-hydrogen) atoms. The second kappa shape index (κ2) is 7.09. The monoisotopic (exact) mass is 320 g/mol. The lowest BCUT2D eigenvalue weighted by Crippen LogP contribution is -2.14. The number of esters is 1. The van der Waals surface area contributed by atoms with E-state index in [-0.39, 0.29) is 23.7 Å². The number of rotatable bonds is 6. The molecule has 2 aromatic rings. The molecule has 1 heterocycles. The summed E-state index contributed by atoms with van der Waals surface area (Å²) >= 11 is 1.37. The van der Waals surface area contributed by atoms with Gasteiger partial charge in [-0.25, -0.2) is 4.79 Å². The molecule has 2 rings (SSSR count). The number of benzene rings is 1. The molecule has 0 fully saturated rings. The first kappa shape index (κ1) is 16.0. The van der Waals surface area contributed by atoms with Crippen LogP contribution >= 0.6 is 11.3 Å². The van der Waals surface area contributed by atoms with Gasteiger partial charge >= 0.3 is 5.97 Å². The van der Waals surface area contributed by atoms with Crippen LogP contribution in [0.4, 0.5) is 0 Å². The number of para-hydroxylation sites is 1. The SMILES string of the molecule is COc1cccc(C(=O)OCC(=O)c2ccc(C)s2)c1OC. The van der Waals surface area contributed by atoms with Gasteiger partial charge in [0.05, 0.1) is 19.1 Å². The Morgan fingerprint density at radius 1 is 1.09 bits per heavy atom. The number of ether oxygens (including phenoxy) is 3. The molecule has 0 radical (unpaired) electrons. The number of methoxy groups -OCH3 is 2. The van der Waals surface area contributed by atoms with E-state index in [1.807, 2.05) is 13.0 Å². The van der Waals surface area contributed by atoms with Crippen LogP contribution in [-0.4, -0.2) is 32.6 Å². The summed E-state index contributed by atoms with van der Waals surface area (Å²) in [5.74, 6) is -0.141. The lowest BCUT2D eigenvalue weighted by atomic mass is 10.2. The minimum atomic E-state index is -0.627. The molecule has 5 nitrogen and oxygen atoms in total. The van der Waals surface area contributed by atoms with Crippen LogP contribution in [0.25, 0.3) is 0 Å². The molecule has 0 aliphatic rings. The van der Waals surface area contributed by atoms with Crippen molar-refractivity contribution < 1.29 is 23.8 Å². The Morgan fingerprint density at radius 3 is 2.45 bits per heavy atom. The number of carbonyl (C=O) groups excluding carboxylic acids is 2. The molecule has 1 aromatic carbocycles. The van der Waals surface area contributed by atoms with Crippen LogP contribution in [0, 0.1) is 6.92 Å². The number of ketones is 1. The summed E-state index contributed by atoms with van der Waals surface area (Å²) in [7, 11) is 2.92. The molecular formula is C16H16O5S. The maximum absolute atomic E-state index is 12.1. The van der Waals surface area contributed by atoms with Crippen LogP contribution in [0.15, 0.2) is 30.3 Å². The molecule has 0 amide bonds. The minimum Gasteiger partial charge on any atom is -0.493 e. The zero-order chi connectivity index (χ0) is 16.1. The lowest BCUT2D eigenvalue weighted by molar-refractivity contribution is 0.0472. The summed E-state index contributed by atoms with van der Waals surface area (Å²) < 4.78 is 15.4. The summed E-state index contributed by atoms with van der Waals surface area (Å²) in [6, 6.07) is 8.47. The van der Waals surface area contributed by atoms with E-state index in [0.717, 1.165) is 4.88 Å². The van der Waals surface area contributed by atoms with Crippen molar-refractivity contribution in [3.05, 3.63) is 45.6 Å². The number of carbonyl (C=O) groups is 2. The predicted octanol–water partition coefficient (Wildman–Crippen LogP) is 3.11. The molecule has 0 spiro atoms. The fraction of sp³-hybridized carbons (Fsp3) is 0.250. The van der Waals surface area contributed by atoms with Gasteiger partial charge in [-0.2, -0.15) is 0 Å². The van der Waals surface area contributed by atoms with Crippen LogP contribution in [0.1, 0.15) is 24.9 Å². The highest BCUT2D eigenvalue weighted by molar-refractivity contribution is 7.14. The summed E-state index contributed by atoms with van der Waals surface area (Å²) in [4.78, 5) is 25.7. The Labute approximate surface area is 132 Å². The third-order valence-corrected chi connectivity index (χ3v) is 4.01. The summed E-state index contributed by atoms with van der Waals surface area (Å²) in [6.45, 7) is 1.60. The van der Waals surface area contributed by atoms with Crippen LogP contribution in [0.3, 0.4) is 0 Å². The van der Waals surface area contributed by atoms with E-state index in [9.17, 15) is 9.59 Å². The molecule has 0 aliphatic heterocycles. The standard InChI is InChI=1S/C16H16O5S/c1-10-7-8-14(22-10)12(17)9-21-16(18)11-5-4-6-13(19-2)15(11)20-3/h4-8H,9H2,1-3H3. The maximum Gasteiger partial charge on any atom is 0.342 e. The van der Waals surface area contributed by atoms with E-state index >= 15 is 0 Å². The molecule has 1 aromatic heterocycles. The quantitative estimate of drug-likeness (QED) is 0.604. The van der Waals surface area contributed by atoms with Gasteiger partial charge in [-0.05, 0) is 31.2 Å². The summed E-state index contributed by atoms with van der Waals surface area (Å²) in [5, 5.41) is 0. The van der Waals surface area contributed by atoms with Crippen LogP contribution in [0.5, 0.6) is 11.5 Å². The van der Waals surface area contributed by atoms with Crippen molar-refractivity contribution >= 4 is 23.1 Å². The van der Waals surface area contributed by atoms with Crippen molar-refractivity contribution in [2.24, 2.45) is 0 Å². The fourth-order valence-corrected chi connectivity index (χ4v) is 2.70. The first-order valence-electron chi connectivity index (χ1n) is 6.54. The van der Waals surface area contributed by atoms with Crippen LogP contribution < -0.4 is 9.47 Å². The Balaban J connectivity index is 2.08. The molecule has 6 heteroatoms. The molecule has 0 saturated heterocycles. The molecule has 116 valence electrons. The number of hydrogen-bond donors (Lipinski definition) is 0. The Morgan fingerprint density at radius 2 is 1.86 bits per heavy atom. The van der Waals surface area contributed by atoms with Crippen LogP contribution in [0.2, 0.25) is 0 Å². The van der Waals surface area contributed by atoms with E-state index in [1.54, 1.807) is 24.3 Å². The van der Waals surface area contributed by atoms with Gasteiger partial charge in [-0.3, -0.25) is 4.79 Å². The van der Waals surface area contributed by atoms with Crippen molar-refractivity contribution in [3.63, 3.8) is 0 Å². The Hall–Kier alpha value is -2.34. The molecule has 0 atom stereocenters. The first-order valence-corrected chi connectivity index (χ1v) is 7.36. The number of hydrogen-bond acceptors (Lipinski definition) is 6. The first-order chi connectivity index (χ1) is 10.6. The third kappa shape index (κ3) is 3.46. The summed E-state index contributed by atoms with van der Waals surface area (Å²) in [6.07, 6.45) is 0. The lowest BCUT2D eigenvalue weighted by Gasteiger charge is -2.11. The second-order valence-corrected chi connectivity index (χ2v) is 5.74. The van der Waals surface area contributed by atoms with E-state index in [4.69, 9.17) is 14.2 Å². The smallest absolute Gasteiger partial charge is 0.342 e. The van der Waals surface area contributed by atoms with Gasteiger partial charge in [0.1, 0.15) is 5.56 Å². The van der Waals surface area contributed by atoms with Gasteiger partial charge in [0.25, 0.3) is 0 Å². The van der Waals surface area contributed by atoms with Gasteiger partial charge in [-0.15, -0.1) is 11.3 Å². The van der Waals surface area contributed by atoms with Crippen molar-refractivity contribution in [1.82, 2.24) is 0 Å². The highest BCUT2D eigenvalue weighted by atomic mass is 32.1. The van der Waals surface area contributed by atoms with Crippen molar-refractivity contribution in [1.29, 1.82) is 0 Å². The van der Waals surface area contributed by atoms with Crippen molar-refractivity contribution in [2.45, 2.75) is 6.92 Å². The van der Waals surface area contributed by atoms with E-state index in [0.29, 0.717) is 10.6 Å². The predicted molar refractivity (Wildman–Crippen MR) is 83.2 cm³/mol. The van der Waals surface area contributed by atoms with Gasteiger partial charge in [0.15, 0.2) is 18.1 Å². The highest BCUT2D eigenvalue weighted by Gasteiger charge is 2.19. The van der Waals surface area contributed by atoms with Crippen molar-refractivity contribution in [3.8, 4) is 11.5 Å². The Kier molecular flexibility index (Phi) is 5.16. The average molecular weight is 320 g/mol. The third-order valence-electron chi connectivity index (χ3n) is 2.97. The molecule has 0 bridgehead atoms. The molecule has 0 saturated carbocycles. The fourth-order valence-electron chi connectivity index (χ4n) is 1.91. The van der Waals surface area contributed by atoms with Crippen molar-refractivity contribution in [2.75, 3.05) is 20.8 Å². The van der Waals surface area contributed by atoms with Crippen LogP contribution in [-0.2, 0) is 4.74 Å². The molecule has 0 aliphatic carbocycles. The topological polar surface area (TPSA) is 61.8 Å². The summed E-state index contributed by atoms with van der Waals surface area (Å²) in [5.41, 5.74) is 0.219. The van der Waals surface area contributed by atoms with Gasteiger partial charge in [-0.1, -0.05) is 6.07 Å². The highest BCUT2D eigenvalue weighted by Crippen LogP contribution is 2.31. The maximum atomic E-state index is 12.1. The van der Waals surface area contributed by atoms with Gasteiger partial charge in [0, 0.05) is 4.88 Å². The minimum absolute atomic E-state index is 0.219. The molecule has 0 N–H and O–H groups in total. The number of thiophene rings is 1. The van der Waals surface area contributed by atoms with E-state index in [2.05, 4.69) is 0 Å². The molecular weight excluding hydrogens is 304 g/mol. The zero-order valence-electron chi connectivity index (χ0n) is 12.5.